The first-order valence-corrected chi connectivity index (χ1v) is 5.14. The van der Waals surface area contributed by atoms with Gasteiger partial charge < -0.3 is 15.9 Å². The molecule has 0 aliphatic heterocycles. The van der Waals surface area contributed by atoms with Gasteiger partial charge in [0.05, 0.1) is 5.56 Å². The standard InChI is InChI=1S/C12H15NO4.ClH/c1-6-3-8(11(14)15)4-7(2)9(6)5-10(13)12(16)17;/h3-4,10H,5,13H2,1-2H3,(H,14,15)(H,16,17);1H/t10-;/m0./s1. The number of carboxylic acid groups (broad SMARTS) is 2. The summed E-state index contributed by atoms with van der Waals surface area (Å²) in [7, 11) is 0. The van der Waals surface area contributed by atoms with Gasteiger partial charge in [-0.3, -0.25) is 4.79 Å². The first-order chi connectivity index (χ1) is 7.82. The van der Waals surface area contributed by atoms with E-state index in [0.717, 1.165) is 16.7 Å². The summed E-state index contributed by atoms with van der Waals surface area (Å²) in [6.45, 7) is 3.51. The highest BCUT2D eigenvalue weighted by molar-refractivity contribution is 5.88. The number of halogens is 1. The van der Waals surface area contributed by atoms with Crippen LogP contribution in [0.15, 0.2) is 12.1 Å². The number of hydrogen-bond acceptors (Lipinski definition) is 3. The first-order valence-electron chi connectivity index (χ1n) is 5.14. The van der Waals surface area contributed by atoms with Gasteiger partial charge in [-0.25, -0.2) is 4.79 Å². The van der Waals surface area contributed by atoms with Crippen molar-refractivity contribution in [3.63, 3.8) is 0 Å². The SMILES string of the molecule is Cc1cc(C(=O)O)cc(C)c1C[C@H](N)C(=O)O.Cl. The second-order valence-electron chi connectivity index (χ2n) is 4.04. The number of benzene rings is 1. The molecule has 0 aromatic heterocycles. The van der Waals surface area contributed by atoms with Gasteiger partial charge in [0.15, 0.2) is 0 Å². The van der Waals surface area contributed by atoms with E-state index in [2.05, 4.69) is 0 Å². The Morgan fingerprint density at radius 3 is 2.00 bits per heavy atom. The predicted molar refractivity (Wildman–Crippen MR) is 69.4 cm³/mol. The Morgan fingerprint density at radius 2 is 1.67 bits per heavy atom. The molecule has 0 saturated carbocycles. The Balaban J connectivity index is 0.00000289. The maximum absolute atomic E-state index is 10.8. The van der Waals surface area contributed by atoms with E-state index in [1.165, 1.54) is 12.1 Å². The molecule has 6 heteroatoms. The van der Waals surface area contributed by atoms with Gasteiger partial charge in [-0.2, -0.15) is 0 Å². The second kappa shape index (κ2) is 6.37. The molecule has 4 N–H and O–H groups in total. The molecule has 0 fully saturated rings. The van der Waals surface area contributed by atoms with Crippen molar-refractivity contribution < 1.29 is 19.8 Å². The molecule has 0 heterocycles. The molecule has 0 spiro atoms. The normalized spacial score (nSPS) is 11.5. The highest BCUT2D eigenvalue weighted by atomic mass is 35.5. The predicted octanol–water partition coefficient (Wildman–Crippen LogP) is 1.38. The summed E-state index contributed by atoms with van der Waals surface area (Å²) in [4.78, 5) is 21.5. The third kappa shape index (κ3) is 3.72. The van der Waals surface area contributed by atoms with Crippen LogP contribution in [0.2, 0.25) is 0 Å². The summed E-state index contributed by atoms with van der Waals surface area (Å²) < 4.78 is 0. The van der Waals surface area contributed by atoms with Gasteiger partial charge in [-0.1, -0.05) is 0 Å². The Bertz CT molecular complexity index is 450. The number of carbonyl (C=O) groups is 2. The van der Waals surface area contributed by atoms with Crippen LogP contribution < -0.4 is 5.73 Å². The van der Waals surface area contributed by atoms with E-state index in [0.29, 0.717) is 0 Å². The van der Waals surface area contributed by atoms with Gasteiger partial charge >= 0.3 is 11.9 Å². The quantitative estimate of drug-likeness (QED) is 0.769. The molecular weight excluding hydrogens is 258 g/mol. The van der Waals surface area contributed by atoms with E-state index < -0.39 is 18.0 Å². The minimum absolute atomic E-state index is 0. The van der Waals surface area contributed by atoms with Gasteiger partial charge in [0, 0.05) is 0 Å². The zero-order valence-electron chi connectivity index (χ0n) is 10.1. The fraction of sp³-hybridized carbons (Fsp3) is 0.333. The Labute approximate surface area is 111 Å². The van der Waals surface area contributed by atoms with E-state index in [-0.39, 0.29) is 24.4 Å². The average Bonchev–Trinajstić information content (AvgIpc) is 2.22. The van der Waals surface area contributed by atoms with E-state index in [9.17, 15) is 9.59 Å². The lowest BCUT2D eigenvalue weighted by molar-refractivity contribution is -0.138. The van der Waals surface area contributed by atoms with E-state index in [1.807, 2.05) is 0 Å². The molecule has 0 saturated heterocycles. The Morgan fingerprint density at radius 1 is 1.22 bits per heavy atom. The third-order valence-electron chi connectivity index (χ3n) is 2.68. The van der Waals surface area contributed by atoms with Crippen LogP contribution in [0.5, 0.6) is 0 Å². The molecule has 1 rings (SSSR count). The number of hydrogen-bond donors (Lipinski definition) is 3. The zero-order valence-corrected chi connectivity index (χ0v) is 11.0. The molecule has 0 unspecified atom stereocenters. The highest BCUT2D eigenvalue weighted by Gasteiger charge is 2.16. The molecule has 0 aliphatic carbocycles. The van der Waals surface area contributed by atoms with E-state index >= 15 is 0 Å². The number of aryl methyl sites for hydroxylation is 2. The van der Waals surface area contributed by atoms with Gasteiger partial charge in [-0.05, 0) is 49.1 Å². The van der Waals surface area contributed by atoms with Crippen molar-refractivity contribution in [2.75, 3.05) is 0 Å². The summed E-state index contributed by atoms with van der Waals surface area (Å²) >= 11 is 0. The topological polar surface area (TPSA) is 101 Å². The maximum atomic E-state index is 10.8. The van der Waals surface area contributed by atoms with Gasteiger partial charge in [0.2, 0.25) is 0 Å². The van der Waals surface area contributed by atoms with E-state index in [4.69, 9.17) is 15.9 Å². The molecule has 1 aromatic carbocycles. The molecule has 5 nitrogen and oxygen atoms in total. The van der Waals surface area contributed by atoms with Crippen molar-refractivity contribution in [3.8, 4) is 0 Å². The second-order valence-corrected chi connectivity index (χ2v) is 4.04. The summed E-state index contributed by atoms with van der Waals surface area (Å²) in [6, 6.07) is 2.08. The first kappa shape index (κ1) is 16.4. The lowest BCUT2D eigenvalue weighted by Crippen LogP contribution is -2.32. The van der Waals surface area contributed by atoms with Crippen molar-refractivity contribution in [1.82, 2.24) is 0 Å². The molecule has 0 aliphatic rings. The van der Waals surface area contributed by atoms with Crippen LogP contribution in [0.3, 0.4) is 0 Å². The monoisotopic (exact) mass is 273 g/mol. The number of carboxylic acids is 2. The van der Waals surface area contributed by atoms with Crippen molar-refractivity contribution in [2.45, 2.75) is 26.3 Å². The Kier molecular flexibility index (Phi) is 5.81. The number of rotatable bonds is 4. The summed E-state index contributed by atoms with van der Waals surface area (Å²) in [6.07, 6.45) is 0.201. The molecule has 100 valence electrons. The van der Waals surface area contributed by atoms with Gasteiger partial charge in [-0.15, -0.1) is 12.4 Å². The minimum atomic E-state index is -1.06. The van der Waals surface area contributed by atoms with Gasteiger partial charge in [0.1, 0.15) is 6.04 Å². The van der Waals surface area contributed by atoms with Crippen LogP contribution in [0.4, 0.5) is 0 Å². The fourth-order valence-corrected chi connectivity index (χ4v) is 1.75. The lowest BCUT2D eigenvalue weighted by Gasteiger charge is -2.13. The number of aromatic carboxylic acids is 1. The lowest BCUT2D eigenvalue weighted by atomic mass is 9.94. The van der Waals surface area contributed by atoms with Crippen LogP contribution in [0.1, 0.15) is 27.0 Å². The largest absolute Gasteiger partial charge is 0.480 e. The third-order valence-corrected chi connectivity index (χ3v) is 2.68. The summed E-state index contributed by atoms with van der Waals surface area (Å²) in [5.74, 6) is -2.06. The van der Waals surface area contributed by atoms with Crippen molar-refractivity contribution in [3.05, 3.63) is 34.4 Å². The average molecular weight is 274 g/mol. The van der Waals surface area contributed by atoms with Crippen LogP contribution >= 0.6 is 12.4 Å². The van der Waals surface area contributed by atoms with E-state index in [1.54, 1.807) is 13.8 Å². The van der Waals surface area contributed by atoms with Crippen LogP contribution in [0.25, 0.3) is 0 Å². The fourth-order valence-electron chi connectivity index (χ4n) is 1.75. The summed E-state index contributed by atoms with van der Waals surface area (Å²) in [5, 5.41) is 17.6. The maximum Gasteiger partial charge on any atom is 0.335 e. The molecule has 1 atom stereocenters. The van der Waals surface area contributed by atoms with Crippen LogP contribution in [-0.2, 0) is 11.2 Å². The minimum Gasteiger partial charge on any atom is -0.480 e. The molecular formula is C12H16ClNO4. The molecule has 0 radical (unpaired) electrons. The van der Waals surface area contributed by atoms with Gasteiger partial charge in [0.25, 0.3) is 0 Å². The Hall–Kier alpha value is -1.59. The van der Waals surface area contributed by atoms with Crippen molar-refractivity contribution in [1.29, 1.82) is 0 Å². The zero-order chi connectivity index (χ0) is 13.2. The number of aliphatic carboxylic acids is 1. The molecule has 0 bridgehead atoms. The highest BCUT2D eigenvalue weighted by Crippen LogP contribution is 2.18. The summed E-state index contributed by atoms with van der Waals surface area (Å²) in [5.41, 5.74) is 7.96. The molecule has 18 heavy (non-hydrogen) atoms. The number of nitrogens with two attached hydrogens (primary N) is 1. The van der Waals surface area contributed by atoms with Crippen molar-refractivity contribution in [2.24, 2.45) is 5.73 Å². The smallest absolute Gasteiger partial charge is 0.335 e. The van der Waals surface area contributed by atoms with Crippen LogP contribution in [0, 0.1) is 13.8 Å². The van der Waals surface area contributed by atoms with Crippen LogP contribution in [-0.4, -0.2) is 28.2 Å². The molecule has 1 aromatic rings. The van der Waals surface area contributed by atoms with Crippen molar-refractivity contribution >= 4 is 24.3 Å². The molecule has 0 amide bonds.